The van der Waals surface area contributed by atoms with E-state index in [1.165, 1.54) is 0 Å². The Bertz CT molecular complexity index is 940. The van der Waals surface area contributed by atoms with Crippen molar-refractivity contribution in [2.24, 2.45) is 0 Å². The van der Waals surface area contributed by atoms with Gasteiger partial charge in [-0.15, -0.1) is 0 Å². The number of benzene rings is 2. The summed E-state index contributed by atoms with van der Waals surface area (Å²) in [7, 11) is 0. The van der Waals surface area contributed by atoms with Gasteiger partial charge in [0.25, 0.3) is 0 Å². The number of amides is 1. The second-order valence-electron chi connectivity index (χ2n) is 7.02. The summed E-state index contributed by atoms with van der Waals surface area (Å²) in [6.07, 6.45) is 2.52. The maximum atomic E-state index is 13.3. The molecule has 2 atom stereocenters. The van der Waals surface area contributed by atoms with Crippen LogP contribution in [-0.4, -0.2) is 27.5 Å². The van der Waals surface area contributed by atoms with Crippen LogP contribution in [-0.2, 0) is 4.79 Å². The molecule has 0 saturated carbocycles. The zero-order chi connectivity index (χ0) is 19.5. The number of carbonyl (C=O) groups is 1. The van der Waals surface area contributed by atoms with E-state index in [4.69, 9.17) is 16.1 Å². The van der Waals surface area contributed by atoms with E-state index in [-0.39, 0.29) is 17.9 Å². The molecule has 2 heterocycles. The topological polar surface area (TPSA) is 59.2 Å². The van der Waals surface area contributed by atoms with Crippen molar-refractivity contribution in [3.63, 3.8) is 0 Å². The summed E-state index contributed by atoms with van der Waals surface area (Å²) < 4.78 is 5.54. The average molecular weight is 396 g/mol. The Morgan fingerprint density at radius 1 is 1.21 bits per heavy atom. The Hall–Kier alpha value is -2.66. The lowest BCUT2D eigenvalue weighted by Gasteiger charge is -2.26. The van der Waals surface area contributed by atoms with E-state index in [2.05, 4.69) is 10.1 Å². The molecule has 1 fully saturated rings. The molecule has 1 saturated heterocycles. The Balaban J connectivity index is 1.57. The number of carbonyl (C=O) groups excluding carboxylic acids is 1. The molecule has 1 amide bonds. The van der Waals surface area contributed by atoms with Gasteiger partial charge in [0.1, 0.15) is 6.04 Å². The van der Waals surface area contributed by atoms with Crippen LogP contribution in [0.25, 0.3) is 11.4 Å². The van der Waals surface area contributed by atoms with Crippen molar-refractivity contribution in [1.82, 2.24) is 15.0 Å². The van der Waals surface area contributed by atoms with Gasteiger partial charge in [-0.25, -0.2) is 0 Å². The van der Waals surface area contributed by atoms with E-state index in [1.54, 1.807) is 12.1 Å². The summed E-state index contributed by atoms with van der Waals surface area (Å²) in [6.45, 7) is 2.76. The predicted octanol–water partition coefficient (Wildman–Crippen LogP) is 5.25. The molecule has 144 valence electrons. The number of halogens is 1. The molecule has 0 aliphatic carbocycles. The van der Waals surface area contributed by atoms with E-state index in [1.807, 2.05) is 54.3 Å². The maximum absolute atomic E-state index is 13.3. The number of aromatic nitrogens is 2. The van der Waals surface area contributed by atoms with Crippen molar-refractivity contribution in [2.75, 3.05) is 6.54 Å². The van der Waals surface area contributed by atoms with Crippen LogP contribution in [0.3, 0.4) is 0 Å². The number of hydrogen-bond donors (Lipinski definition) is 0. The summed E-state index contributed by atoms with van der Waals surface area (Å²) in [6, 6.07) is 17.1. The summed E-state index contributed by atoms with van der Waals surface area (Å²) in [5.74, 6) is 0.989. The highest BCUT2D eigenvalue weighted by Crippen LogP contribution is 2.35. The first-order valence-corrected chi connectivity index (χ1v) is 10.00. The van der Waals surface area contributed by atoms with Crippen molar-refractivity contribution < 1.29 is 9.32 Å². The van der Waals surface area contributed by atoms with E-state index in [0.29, 0.717) is 23.3 Å². The van der Waals surface area contributed by atoms with Gasteiger partial charge in [0, 0.05) is 17.1 Å². The van der Waals surface area contributed by atoms with Gasteiger partial charge in [-0.1, -0.05) is 54.0 Å². The van der Waals surface area contributed by atoms with E-state index >= 15 is 0 Å². The number of nitrogens with zero attached hydrogens (tertiary/aromatic N) is 3. The van der Waals surface area contributed by atoms with Gasteiger partial charge in [-0.05, 0) is 49.1 Å². The Morgan fingerprint density at radius 2 is 1.96 bits per heavy atom. The SMILES string of the molecule is CCC(C(=O)N1CCCC1c1nc(-c2ccc(Cl)cc2)no1)c1ccccc1. The number of hydrogen-bond acceptors (Lipinski definition) is 4. The van der Waals surface area contributed by atoms with Crippen molar-refractivity contribution in [3.05, 3.63) is 71.1 Å². The van der Waals surface area contributed by atoms with Gasteiger partial charge < -0.3 is 9.42 Å². The fraction of sp³-hybridized carbons (Fsp3) is 0.318. The Kier molecular flexibility index (Phi) is 5.44. The second-order valence-corrected chi connectivity index (χ2v) is 7.46. The molecule has 0 bridgehead atoms. The third-order valence-electron chi connectivity index (χ3n) is 5.27. The molecular formula is C22H22ClN3O2. The molecule has 0 radical (unpaired) electrons. The molecule has 1 aliphatic rings. The van der Waals surface area contributed by atoms with Crippen molar-refractivity contribution in [1.29, 1.82) is 0 Å². The lowest BCUT2D eigenvalue weighted by molar-refractivity contribution is -0.134. The highest BCUT2D eigenvalue weighted by molar-refractivity contribution is 6.30. The van der Waals surface area contributed by atoms with Gasteiger partial charge in [0.05, 0.1) is 5.92 Å². The van der Waals surface area contributed by atoms with Crippen LogP contribution in [0, 0.1) is 0 Å². The Morgan fingerprint density at radius 3 is 2.68 bits per heavy atom. The van der Waals surface area contributed by atoms with Gasteiger partial charge in [0.2, 0.25) is 17.6 Å². The van der Waals surface area contributed by atoms with Crippen LogP contribution < -0.4 is 0 Å². The van der Waals surface area contributed by atoms with E-state index in [9.17, 15) is 4.79 Å². The Labute approximate surface area is 169 Å². The quantitative estimate of drug-likeness (QED) is 0.592. The first-order chi connectivity index (χ1) is 13.7. The largest absolute Gasteiger partial charge is 0.337 e. The monoisotopic (exact) mass is 395 g/mol. The predicted molar refractivity (Wildman–Crippen MR) is 108 cm³/mol. The van der Waals surface area contributed by atoms with Crippen LogP contribution >= 0.6 is 11.6 Å². The summed E-state index contributed by atoms with van der Waals surface area (Å²) in [4.78, 5) is 19.8. The highest BCUT2D eigenvalue weighted by Gasteiger charge is 2.37. The second kappa shape index (κ2) is 8.15. The molecule has 0 spiro atoms. The molecule has 1 aliphatic heterocycles. The van der Waals surface area contributed by atoms with Gasteiger partial charge in [-0.3, -0.25) is 4.79 Å². The van der Waals surface area contributed by atoms with E-state index in [0.717, 1.165) is 30.4 Å². The fourth-order valence-corrected chi connectivity index (χ4v) is 3.94. The van der Waals surface area contributed by atoms with Gasteiger partial charge >= 0.3 is 0 Å². The molecular weight excluding hydrogens is 374 g/mol. The summed E-state index contributed by atoms with van der Waals surface area (Å²) in [5.41, 5.74) is 1.89. The number of rotatable bonds is 5. The lowest BCUT2D eigenvalue weighted by Crippen LogP contribution is -2.34. The number of likely N-dealkylation sites (tertiary alicyclic amines) is 1. The standard InChI is InChI=1S/C22H22ClN3O2/c1-2-18(15-7-4-3-5-8-15)22(27)26-14-6-9-19(26)21-24-20(25-28-21)16-10-12-17(23)13-11-16/h3-5,7-8,10-13,18-19H,2,6,9,14H2,1H3. The molecule has 5 nitrogen and oxygen atoms in total. The maximum Gasteiger partial charge on any atom is 0.249 e. The minimum Gasteiger partial charge on any atom is -0.337 e. The summed E-state index contributed by atoms with van der Waals surface area (Å²) in [5, 5.41) is 4.77. The van der Waals surface area contributed by atoms with Gasteiger partial charge in [0.15, 0.2) is 0 Å². The minimum absolute atomic E-state index is 0.127. The van der Waals surface area contributed by atoms with E-state index < -0.39 is 0 Å². The first kappa shape index (κ1) is 18.7. The van der Waals surface area contributed by atoms with Crippen LogP contribution in [0.4, 0.5) is 0 Å². The summed E-state index contributed by atoms with van der Waals surface area (Å²) >= 11 is 5.95. The average Bonchev–Trinajstić information content (AvgIpc) is 3.39. The first-order valence-electron chi connectivity index (χ1n) is 9.62. The van der Waals surface area contributed by atoms with Crippen LogP contribution in [0.15, 0.2) is 59.1 Å². The zero-order valence-electron chi connectivity index (χ0n) is 15.7. The lowest BCUT2D eigenvalue weighted by atomic mass is 9.94. The van der Waals surface area contributed by atoms with Crippen LogP contribution in [0.1, 0.15) is 49.6 Å². The van der Waals surface area contributed by atoms with Crippen molar-refractivity contribution >= 4 is 17.5 Å². The molecule has 28 heavy (non-hydrogen) atoms. The molecule has 3 aromatic rings. The molecule has 4 rings (SSSR count). The normalized spacial score (nSPS) is 17.6. The fourth-order valence-electron chi connectivity index (χ4n) is 3.81. The minimum atomic E-state index is -0.168. The molecule has 6 heteroatoms. The van der Waals surface area contributed by atoms with Crippen molar-refractivity contribution in [3.8, 4) is 11.4 Å². The molecule has 1 aromatic heterocycles. The molecule has 2 aromatic carbocycles. The third kappa shape index (κ3) is 3.67. The van der Waals surface area contributed by atoms with Gasteiger partial charge in [-0.2, -0.15) is 4.98 Å². The van der Waals surface area contributed by atoms with Crippen LogP contribution in [0.5, 0.6) is 0 Å². The highest BCUT2D eigenvalue weighted by atomic mass is 35.5. The smallest absolute Gasteiger partial charge is 0.249 e. The zero-order valence-corrected chi connectivity index (χ0v) is 16.5. The van der Waals surface area contributed by atoms with Crippen molar-refractivity contribution in [2.45, 2.75) is 38.1 Å². The third-order valence-corrected chi connectivity index (χ3v) is 5.53. The molecule has 0 N–H and O–H groups in total. The molecule has 2 unspecified atom stereocenters. The van der Waals surface area contributed by atoms with Crippen LogP contribution in [0.2, 0.25) is 5.02 Å².